The smallest absolute Gasteiger partial charge is 0.256 e. The molecule has 1 N–H and O–H groups in total. The van der Waals surface area contributed by atoms with Crippen LogP contribution in [0.25, 0.3) is 11.6 Å². The summed E-state index contributed by atoms with van der Waals surface area (Å²) in [5.41, 5.74) is 3.34. The van der Waals surface area contributed by atoms with Crippen LogP contribution in [0.5, 0.6) is 0 Å². The van der Waals surface area contributed by atoms with E-state index < -0.39 is 0 Å². The van der Waals surface area contributed by atoms with Gasteiger partial charge in [-0.3, -0.25) is 9.78 Å². The Morgan fingerprint density at radius 1 is 1.28 bits per heavy atom. The van der Waals surface area contributed by atoms with Crippen molar-refractivity contribution in [3.8, 4) is 0 Å². The monoisotopic (exact) mass is 300 g/mol. The molecule has 2 heterocycles. The van der Waals surface area contributed by atoms with Crippen LogP contribution in [-0.4, -0.2) is 10.9 Å². The normalized spacial score (nSPS) is 15.6. The number of anilines is 1. The molecule has 0 bridgehead atoms. The van der Waals surface area contributed by atoms with E-state index in [1.807, 2.05) is 36.4 Å². The molecule has 1 aromatic heterocycles. The predicted octanol–water partition coefficient (Wildman–Crippen LogP) is 3.34. The molecule has 1 aromatic carbocycles. The van der Waals surface area contributed by atoms with Gasteiger partial charge in [-0.25, -0.2) is 0 Å². The van der Waals surface area contributed by atoms with Gasteiger partial charge in [-0.1, -0.05) is 22.0 Å². The first-order valence-electron chi connectivity index (χ1n) is 5.47. The van der Waals surface area contributed by atoms with Crippen molar-refractivity contribution >= 4 is 39.2 Å². The Labute approximate surface area is 113 Å². The highest BCUT2D eigenvalue weighted by molar-refractivity contribution is 9.10. The summed E-state index contributed by atoms with van der Waals surface area (Å²) in [6.45, 7) is 0. The number of amides is 1. The molecule has 0 aliphatic carbocycles. The van der Waals surface area contributed by atoms with Crippen LogP contribution in [0.3, 0.4) is 0 Å². The molecule has 1 amide bonds. The van der Waals surface area contributed by atoms with Gasteiger partial charge in [0.15, 0.2) is 0 Å². The number of aromatic nitrogens is 1. The summed E-state index contributed by atoms with van der Waals surface area (Å²) < 4.78 is 0.954. The van der Waals surface area contributed by atoms with Gasteiger partial charge in [-0.15, -0.1) is 0 Å². The molecule has 0 saturated heterocycles. The first-order chi connectivity index (χ1) is 8.74. The minimum Gasteiger partial charge on any atom is -0.321 e. The highest BCUT2D eigenvalue weighted by Gasteiger charge is 2.23. The van der Waals surface area contributed by atoms with Gasteiger partial charge in [0.1, 0.15) is 0 Å². The van der Waals surface area contributed by atoms with Gasteiger partial charge >= 0.3 is 0 Å². The Morgan fingerprint density at radius 3 is 2.94 bits per heavy atom. The molecule has 1 aliphatic heterocycles. The molecule has 1 aliphatic rings. The molecule has 4 heteroatoms. The second kappa shape index (κ2) is 4.38. The predicted molar refractivity (Wildman–Crippen MR) is 74.9 cm³/mol. The maximum absolute atomic E-state index is 11.9. The highest BCUT2D eigenvalue weighted by Crippen LogP contribution is 2.34. The van der Waals surface area contributed by atoms with Crippen molar-refractivity contribution in [3.05, 3.63) is 58.3 Å². The lowest BCUT2D eigenvalue weighted by Gasteiger charge is -1.99. The van der Waals surface area contributed by atoms with E-state index in [1.165, 1.54) is 0 Å². The average molecular weight is 301 g/mol. The van der Waals surface area contributed by atoms with Crippen molar-refractivity contribution in [2.24, 2.45) is 0 Å². The first kappa shape index (κ1) is 11.2. The van der Waals surface area contributed by atoms with Crippen LogP contribution >= 0.6 is 15.9 Å². The number of carbonyl (C=O) groups excluding carboxylic acids is 1. The third-order valence-corrected chi connectivity index (χ3v) is 3.25. The Morgan fingerprint density at radius 2 is 2.17 bits per heavy atom. The van der Waals surface area contributed by atoms with Gasteiger partial charge in [0.25, 0.3) is 5.91 Å². The maximum Gasteiger partial charge on any atom is 0.256 e. The lowest BCUT2D eigenvalue weighted by atomic mass is 10.1. The van der Waals surface area contributed by atoms with E-state index in [0.717, 1.165) is 21.3 Å². The number of halogens is 1. The summed E-state index contributed by atoms with van der Waals surface area (Å²) in [5, 5.41) is 2.85. The van der Waals surface area contributed by atoms with Crippen LogP contribution in [0, 0.1) is 0 Å². The van der Waals surface area contributed by atoms with E-state index >= 15 is 0 Å². The van der Waals surface area contributed by atoms with Crippen LogP contribution in [0.15, 0.2) is 47.2 Å². The molecule has 3 rings (SSSR count). The largest absolute Gasteiger partial charge is 0.321 e. The Hall–Kier alpha value is -1.94. The fourth-order valence-electron chi connectivity index (χ4n) is 1.93. The van der Waals surface area contributed by atoms with Gasteiger partial charge in [0.2, 0.25) is 0 Å². The van der Waals surface area contributed by atoms with Crippen LogP contribution in [0.1, 0.15) is 11.1 Å². The van der Waals surface area contributed by atoms with Crippen LogP contribution in [0.4, 0.5) is 5.69 Å². The number of benzene rings is 1. The van der Waals surface area contributed by atoms with E-state index in [4.69, 9.17) is 0 Å². The number of carbonyl (C=O) groups is 1. The molecule has 0 spiro atoms. The van der Waals surface area contributed by atoms with Crippen LogP contribution in [-0.2, 0) is 4.79 Å². The number of fused-ring (bicyclic) bond motifs is 1. The van der Waals surface area contributed by atoms with E-state index in [-0.39, 0.29) is 5.91 Å². The minimum absolute atomic E-state index is 0.0769. The summed E-state index contributed by atoms with van der Waals surface area (Å²) in [5.74, 6) is -0.0769. The summed E-state index contributed by atoms with van der Waals surface area (Å²) in [6.07, 6.45) is 5.29. The number of hydrogen-bond donors (Lipinski definition) is 1. The Bertz CT molecular complexity index is 650. The van der Waals surface area contributed by atoms with Crippen molar-refractivity contribution in [1.82, 2.24) is 4.98 Å². The van der Waals surface area contributed by atoms with Gasteiger partial charge in [-0.05, 0) is 35.9 Å². The first-order valence-corrected chi connectivity index (χ1v) is 6.26. The maximum atomic E-state index is 11.9. The number of pyridine rings is 1. The van der Waals surface area contributed by atoms with Gasteiger partial charge < -0.3 is 5.32 Å². The van der Waals surface area contributed by atoms with Crippen molar-refractivity contribution in [3.63, 3.8) is 0 Å². The third kappa shape index (κ3) is 1.95. The lowest BCUT2D eigenvalue weighted by molar-refractivity contribution is -0.110. The summed E-state index contributed by atoms with van der Waals surface area (Å²) in [4.78, 5) is 16.0. The molecule has 0 saturated carbocycles. The molecule has 0 unspecified atom stereocenters. The quantitative estimate of drug-likeness (QED) is 0.821. The molecular formula is C14H9BrN2O. The topological polar surface area (TPSA) is 42.0 Å². The fraction of sp³-hybridized carbons (Fsp3) is 0. The van der Waals surface area contributed by atoms with Gasteiger partial charge in [0.05, 0.1) is 0 Å². The average Bonchev–Trinajstić information content (AvgIpc) is 2.67. The molecular weight excluding hydrogens is 292 g/mol. The second-order valence-electron chi connectivity index (χ2n) is 3.99. The van der Waals surface area contributed by atoms with E-state index in [1.54, 1.807) is 12.4 Å². The fourth-order valence-corrected chi connectivity index (χ4v) is 2.29. The Balaban J connectivity index is 2.12. The lowest BCUT2D eigenvalue weighted by Crippen LogP contribution is -2.03. The SMILES string of the molecule is O=C1Nc2ccc(Br)cc2C1=Cc1cccnc1. The number of nitrogens with zero attached hydrogens (tertiary/aromatic N) is 1. The molecule has 18 heavy (non-hydrogen) atoms. The molecule has 2 aromatic rings. The summed E-state index contributed by atoms with van der Waals surface area (Å²) in [6, 6.07) is 9.51. The number of hydrogen-bond acceptors (Lipinski definition) is 2. The highest BCUT2D eigenvalue weighted by atomic mass is 79.9. The molecule has 0 fully saturated rings. The summed E-state index contributed by atoms with van der Waals surface area (Å²) >= 11 is 3.42. The minimum atomic E-state index is -0.0769. The third-order valence-electron chi connectivity index (χ3n) is 2.76. The molecule has 0 atom stereocenters. The van der Waals surface area contributed by atoms with Crippen molar-refractivity contribution in [1.29, 1.82) is 0 Å². The zero-order valence-corrected chi connectivity index (χ0v) is 10.9. The number of rotatable bonds is 1. The standard InChI is InChI=1S/C14H9BrN2O/c15-10-3-4-13-11(7-10)12(14(18)17-13)6-9-2-1-5-16-8-9/h1-8H,(H,17,18). The molecule has 3 nitrogen and oxygen atoms in total. The molecule has 0 radical (unpaired) electrons. The zero-order valence-electron chi connectivity index (χ0n) is 9.35. The number of nitrogens with one attached hydrogen (secondary N) is 1. The van der Waals surface area contributed by atoms with E-state index in [0.29, 0.717) is 5.57 Å². The van der Waals surface area contributed by atoms with Crippen LogP contribution < -0.4 is 5.32 Å². The van der Waals surface area contributed by atoms with Crippen molar-refractivity contribution in [2.75, 3.05) is 5.32 Å². The van der Waals surface area contributed by atoms with E-state index in [2.05, 4.69) is 26.2 Å². The van der Waals surface area contributed by atoms with Gasteiger partial charge in [0, 0.05) is 33.7 Å². The van der Waals surface area contributed by atoms with Crippen molar-refractivity contribution < 1.29 is 4.79 Å². The van der Waals surface area contributed by atoms with E-state index in [9.17, 15) is 4.79 Å². The molecule has 88 valence electrons. The second-order valence-corrected chi connectivity index (χ2v) is 4.90. The zero-order chi connectivity index (χ0) is 12.5. The van der Waals surface area contributed by atoms with Gasteiger partial charge in [-0.2, -0.15) is 0 Å². The van der Waals surface area contributed by atoms with Crippen molar-refractivity contribution in [2.45, 2.75) is 0 Å². The Kier molecular flexibility index (Phi) is 2.72. The van der Waals surface area contributed by atoms with Crippen LogP contribution in [0.2, 0.25) is 0 Å². The summed E-state index contributed by atoms with van der Waals surface area (Å²) in [7, 11) is 0.